The van der Waals surface area contributed by atoms with Gasteiger partial charge in [0, 0.05) is 0 Å². The van der Waals surface area contributed by atoms with Gasteiger partial charge < -0.3 is 0 Å². The van der Waals surface area contributed by atoms with Crippen molar-refractivity contribution >= 4 is 11.1 Å². The molecule has 0 nitrogen and oxygen atoms in total. The Labute approximate surface area is 237 Å². The van der Waals surface area contributed by atoms with Crippen LogP contribution >= 0.6 is 0 Å². The van der Waals surface area contributed by atoms with Gasteiger partial charge in [-0.15, -0.1) is 0 Å². The van der Waals surface area contributed by atoms with Crippen LogP contribution in [0.1, 0.15) is 33.4 Å². The lowest BCUT2D eigenvalue weighted by Crippen LogP contribution is -1.97. The van der Waals surface area contributed by atoms with E-state index in [1.807, 2.05) is 0 Å². The first-order chi connectivity index (χ1) is 19.7. The summed E-state index contributed by atoms with van der Waals surface area (Å²) in [5.74, 6) is 0. The second-order valence-electron chi connectivity index (χ2n) is 10.4. The molecule has 0 heteroatoms. The molecule has 0 unspecified atom stereocenters. The fourth-order valence-corrected chi connectivity index (χ4v) is 5.27. The van der Waals surface area contributed by atoms with E-state index in [-0.39, 0.29) is 0 Å². The van der Waals surface area contributed by atoms with Gasteiger partial charge in [-0.25, -0.2) is 0 Å². The van der Waals surface area contributed by atoms with Crippen LogP contribution in [0.4, 0.5) is 0 Å². The highest BCUT2D eigenvalue weighted by molar-refractivity contribution is 6.04. The largest absolute Gasteiger partial charge is 0.0622 e. The second kappa shape index (κ2) is 11.4. The molecule has 0 heterocycles. The third-order valence-corrected chi connectivity index (χ3v) is 7.49. The SMILES string of the molecule is Cc1ccc(-c2ccc(/C(=C(\c3ccccc3)c3ccc(-c4ccc(C)cc4)cc3)c3ccccc3)cc2)cc1. The van der Waals surface area contributed by atoms with E-state index in [4.69, 9.17) is 0 Å². The Kier molecular flexibility index (Phi) is 7.24. The molecule has 0 radical (unpaired) electrons. The van der Waals surface area contributed by atoms with Crippen LogP contribution in [0, 0.1) is 13.8 Å². The Morgan fingerprint density at radius 2 is 0.525 bits per heavy atom. The molecule has 0 aliphatic carbocycles. The smallest absolute Gasteiger partial charge is 0.00268 e. The highest BCUT2D eigenvalue weighted by Gasteiger charge is 2.16. The fraction of sp³-hybridized carbons (Fsp3) is 0.0500. The molecule has 0 saturated heterocycles. The Balaban J connectivity index is 1.53. The van der Waals surface area contributed by atoms with Crippen LogP contribution in [0.3, 0.4) is 0 Å². The van der Waals surface area contributed by atoms with E-state index in [0.717, 1.165) is 0 Å². The van der Waals surface area contributed by atoms with E-state index in [1.165, 1.54) is 66.8 Å². The molecule has 0 aromatic heterocycles. The standard InChI is InChI=1S/C40H32/c1-29-13-17-31(18-14-29)33-21-25-37(26-22-33)39(35-9-5-3-6-10-35)40(36-11-7-4-8-12-36)38-27-23-34(24-28-38)32-19-15-30(2)16-20-32/h3-28H,1-2H3/b40-39+. The van der Waals surface area contributed by atoms with Crippen molar-refractivity contribution in [2.24, 2.45) is 0 Å². The van der Waals surface area contributed by atoms with E-state index in [2.05, 4.69) is 172 Å². The second-order valence-corrected chi connectivity index (χ2v) is 10.4. The van der Waals surface area contributed by atoms with Crippen molar-refractivity contribution in [2.45, 2.75) is 13.8 Å². The van der Waals surface area contributed by atoms with E-state index in [1.54, 1.807) is 0 Å². The average molecular weight is 513 g/mol. The number of hydrogen-bond donors (Lipinski definition) is 0. The molecule has 0 bridgehead atoms. The normalized spacial score (nSPS) is 11.7. The van der Waals surface area contributed by atoms with Gasteiger partial charge in [-0.05, 0) is 69.5 Å². The lowest BCUT2D eigenvalue weighted by Gasteiger charge is -2.19. The summed E-state index contributed by atoms with van der Waals surface area (Å²) in [4.78, 5) is 0. The molecule has 6 aromatic carbocycles. The number of aryl methyl sites for hydroxylation is 2. The first-order valence-electron chi connectivity index (χ1n) is 13.9. The zero-order valence-electron chi connectivity index (χ0n) is 23.0. The topological polar surface area (TPSA) is 0 Å². The van der Waals surface area contributed by atoms with E-state index in [0.29, 0.717) is 0 Å². The summed E-state index contributed by atoms with van der Waals surface area (Å²) >= 11 is 0. The molecule has 0 saturated carbocycles. The first-order valence-corrected chi connectivity index (χ1v) is 13.9. The third kappa shape index (κ3) is 5.44. The Hall–Kier alpha value is -4.94. The van der Waals surface area contributed by atoms with Crippen molar-refractivity contribution in [3.8, 4) is 22.3 Å². The molecule has 0 amide bonds. The average Bonchev–Trinajstić information content (AvgIpc) is 3.02. The van der Waals surface area contributed by atoms with Crippen molar-refractivity contribution < 1.29 is 0 Å². The van der Waals surface area contributed by atoms with Crippen LogP contribution in [0.2, 0.25) is 0 Å². The number of benzene rings is 6. The molecule has 0 atom stereocenters. The van der Waals surface area contributed by atoms with E-state index in [9.17, 15) is 0 Å². The van der Waals surface area contributed by atoms with Crippen LogP contribution in [-0.4, -0.2) is 0 Å². The van der Waals surface area contributed by atoms with Crippen LogP contribution in [0.15, 0.2) is 158 Å². The van der Waals surface area contributed by atoms with Crippen LogP contribution < -0.4 is 0 Å². The first kappa shape index (κ1) is 25.3. The van der Waals surface area contributed by atoms with Gasteiger partial charge in [0.2, 0.25) is 0 Å². The molecule has 192 valence electrons. The highest BCUT2D eigenvalue weighted by atomic mass is 14.2. The summed E-state index contributed by atoms with van der Waals surface area (Å²) in [5.41, 5.74) is 14.7. The summed E-state index contributed by atoms with van der Waals surface area (Å²) in [6, 6.07) is 57.0. The Bertz CT molecular complexity index is 1590. The summed E-state index contributed by atoms with van der Waals surface area (Å²) in [7, 11) is 0. The van der Waals surface area contributed by atoms with Crippen LogP contribution in [0.5, 0.6) is 0 Å². The Morgan fingerprint density at radius 1 is 0.275 bits per heavy atom. The summed E-state index contributed by atoms with van der Waals surface area (Å²) < 4.78 is 0. The maximum atomic E-state index is 2.27. The minimum Gasteiger partial charge on any atom is -0.0622 e. The van der Waals surface area contributed by atoms with Crippen molar-refractivity contribution in [3.05, 3.63) is 191 Å². The van der Waals surface area contributed by atoms with Crippen molar-refractivity contribution in [3.63, 3.8) is 0 Å². The van der Waals surface area contributed by atoms with Gasteiger partial charge in [-0.3, -0.25) is 0 Å². The number of rotatable bonds is 6. The quantitative estimate of drug-likeness (QED) is 0.195. The lowest BCUT2D eigenvalue weighted by atomic mass is 9.85. The van der Waals surface area contributed by atoms with Crippen molar-refractivity contribution in [2.75, 3.05) is 0 Å². The monoisotopic (exact) mass is 512 g/mol. The zero-order chi connectivity index (χ0) is 27.3. The minimum atomic E-state index is 1.20. The zero-order valence-corrected chi connectivity index (χ0v) is 23.0. The van der Waals surface area contributed by atoms with Crippen LogP contribution in [0.25, 0.3) is 33.4 Å². The molecule has 0 aliphatic heterocycles. The summed E-state index contributed by atoms with van der Waals surface area (Å²) in [6.07, 6.45) is 0. The molecule has 6 rings (SSSR count). The predicted octanol–water partition coefficient (Wildman–Crippen LogP) is 10.6. The fourth-order valence-electron chi connectivity index (χ4n) is 5.27. The molecule has 0 aliphatic rings. The molecular weight excluding hydrogens is 480 g/mol. The third-order valence-electron chi connectivity index (χ3n) is 7.49. The van der Waals surface area contributed by atoms with Crippen molar-refractivity contribution in [1.29, 1.82) is 0 Å². The predicted molar refractivity (Wildman–Crippen MR) is 171 cm³/mol. The lowest BCUT2D eigenvalue weighted by molar-refractivity contribution is 1.46. The number of hydrogen-bond acceptors (Lipinski definition) is 0. The van der Waals surface area contributed by atoms with E-state index >= 15 is 0 Å². The van der Waals surface area contributed by atoms with Gasteiger partial charge in [0.25, 0.3) is 0 Å². The van der Waals surface area contributed by atoms with Gasteiger partial charge in [0.15, 0.2) is 0 Å². The highest BCUT2D eigenvalue weighted by Crippen LogP contribution is 2.38. The molecule has 40 heavy (non-hydrogen) atoms. The van der Waals surface area contributed by atoms with Gasteiger partial charge >= 0.3 is 0 Å². The molecule has 6 aromatic rings. The van der Waals surface area contributed by atoms with Gasteiger partial charge in [-0.1, -0.05) is 169 Å². The molecule has 0 N–H and O–H groups in total. The summed E-state index contributed by atoms with van der Waals surface area (Å²) in [5, 5.41) is 0. The van der Waals surface area contributed by atoms with Gasteiger partial charge in [0.1, 0.15) is 0 Å². The minimum absolute atomic E-state index is 1.20. The Morgan fingerprint density at radius 3 is 0.825 bits per heavy atom. The maximum Gasteiger partial charge on any atom is -0.00268 e. The van der Waals surface area contributed by atoms with Gasteiger partial charge in [0.05, 0.1) is 0 Å². The molecular formula is C40H32. The summed E-state index contributed by atoms with van der Waals surface area (Å²) in [6.45, 7) is 4.25. The molecule has 0 fully saturated rings. The van der Waals surface area contributed by atoms with Crippen LogP contribution in [-0.2, 0) is 0 Å². The maximum absolute atomic E-state index is 2.27. The van der Waals surface area contributed by atoms with Crippen molar-refractivity contribution in [1.82, 2.24) is 0 Å². The van der Waals surface area contributed by atoms with E-state index < -0.39 is 0 Å². The molecule has 0 spiro atoms. The van der Waals surface area contributed by atoms with Gasteiger partial charge in [-0.2, -0.15) is 0 Å².